The molecule has 0 aromatic rings. The van der Waals surface area contributed by atoms with Crippen LogP contribution in [0.5, 0.6) is 0 Å². The second-order valence-corrected chi connectivity index (χ2v) is 20.3. The summed E-state index contributed by atoms with van der Waals surface area (Å²) in [6.45, 7) is 20.5. The van der Waals surface area contributed by atoms with Gasteiger partial charge >= 0.3 is 11.9 Å². The first kappa shape index (κ1) is 70.2. The van der Waals surface area contributed by atoms with Crippen LogP contribution >= 0.6 is 0 Å². The van der Waals surface area contributed by atoms with Crippen molar-refractivity contribution in [1.29, 1.82) is 0 Å². The number of rotatable bonds is 59. The Morgan fingerprint density at radius 2 is 0.750 bits per heavy atom. The molecule has 0 saturated carbocycles. The molecule has 0 saturated heterocycles. The van der Waals surface area contributed by atoms with Gasteiger partial charge in [-0.3, -0.25) is 14.4 Å². The van der Waals surface area contributed by atoms with E-state index in [-0.39, 0.29) is 24.5 Å². The van der Waals surface area contributed by atoms with Crippen LogP contribution in [0.4, 0.5) is 0 Å². The van der Waals surface area contributed by atoms with E-state index in [1.54, 1.807) is 0 Å². The summed E-state index contributed by atoms with van der Waals surface area (Å²) < 4.78 is 46.3. The van der Waals surface area contributed by atoms with Crippen LogP contribution in [0.1, 0.15) is 253 Å². The third-order valence-electron chi connectivity index (χ3n) is 13.7. The van der Waals surface area contributed by atoms with Crippen molar-refractivity contribution in [3.8, 4) is 0 Å². The standard InChI is InChI=1S/C60H117NO11/c1-7-13-18-20-21-30-41-61(42-47-66-50-51-68-53-52-67-49-48-65-12-6)60(64)57(54-69-43-31-22-28-37-58(62)71-45-39-55(33-24-15-9-3)34-25-16-10-4)70-44-32-23-29-38-59(63)72-46-40-56(35-26-17-11-5)36-27-19-14-8-2/h55-57H,7-54H2,1-6H3. The van der Waals surface area contributed by atoms with Crippen LogP contribution < -0.4 is 0 Å². The van der Waals surface area contributed by atoms with Gasteiger partial charge in [0.1, 0.15) is 0 Å². The number of ether oxygens (including phenoxy) is 8. The molecular formula is C60H117NO11. The number of esters is 2. The molecule has 428 valence electrons. The van der Waals surface area contributed by atoms with E-state index in [1.165, 1.54) is 128 Å². The summed E-state index contributed by atoms with van der Waals surface area (Å²) in [5, 5.41) is 0. The molecule has 0 rings (SSSR count). The summed E-state index contributed by atoms with van der Waals surface area (Å²) in [4.78, 5) is 41.4. The fourth-order valence-electron chi connectivity index (χ4n) is 9.00. The van der Waals surface area contributed by atoms with E-state index in [0.717, 1.165) is 70.6 Å². The summed E-state index contributed by atoms with van der Waals surface area (Å²) in [5.41, 5.74) is 0. The summed E-state index contributed by atoms with van der Waals surface area (Å²) in [6, 6.07) is 0. The number of carbonyl (C=O) groups is 3. The lowest BCUT2D eigenvalue weighted by atomic mass is 9.92. The number of amides is 1. The minimum atomic E-state index is -0.740. The molecule has 2 atom stereocenters. The zero-order valence-electron chi connectivity index (χ0n) is 48.1. The maximum atomic E-state index is 14.3. The first-order valence-corrected chi connectivity index (χ1v) is 30.5. The lowest BCUT2D eigenvalue weighted by Crippen LogP contribution is -2.45. The largest absolute Gasteiger partial charge is 0.466 e. The van der Waals surface area contributed by atoms with Crippen LogP contribution in [-0.2, 0) is 52.3 Å². The molecule has 0 aromatic carbocycles. The van der Waals surface area contributed by atoms with Gasteiger partial charge in [-0.05, 0) is 63.7 Å². The third kappa shape index (κ3) is 47.9. The fourth-order valence-corrected chi connectivity index (χ4v) is 9.00. The SMILES string of the molecule is CCCCCCCCN(CCOCCOCCOCCOCC)C(=O)C(COCCCCCC(=O)OCCC(CCCCC)CCCCC)OCCCCCC(=O)OCCC(CCCCC)CCCCCC. The molecule has 1 amide bonds. The zero-order valence-corrected chi connectivity index (χ0v) is 48.1. The molecule has 72 heavy (non-hydrogen) atoms. The second-order valence-electron chi connectivity index (χ2n) is 20.3. The van der Waals surface area contributed by atoms with E-state index in [1.807, 2.05) is 11.8 Å². The van der Waals surface area contributed by atoms with Gasteiger partial charge in [-0.1, -0.05) is 189 Å². The van der Waals surface area contributed by atoms with Crippen LogP contribution in [0, 0.1) is 11.8 Å². The maximum Gasteiger partial charge on any atom is 0.305 e. The van der Waals surface area contributed by atoms with Gasteiger partial charge in [0.2, 0.25) is 0 Å². The fraction of sp³-hybridized carbons (Fsp3) is 0.950. The zero-order chi connectivity index (χ0) is 52.6. The Hall–Kier alpha value is -1.83. The Morgan fingerprint density at radius 1 is 0.347 bits per heavy atom. The molecule has 0 aliphatic rings. The van der Waals surface area contributed by atoms with Gasteiger partial charge in [0.15, 0.2) is 6.10 Å². The van der Waals surface area contributed by atoms with Gasteiger partial charge < -0.3 is 42.8 Å². The molecule has 0 aromatic heterocycles. The molecule has 12 heteroatoms. The molecule has 0 aliphatic heterocycles. The highest BCUT2D eigenvalue weighted by molar-refractivity contribution is 5.81. The van der Waals surface area contributed by atoms with E-state index >= 15 is 0 Å². The van der Waals surface area contributed by atoms with Gasteiger partial charge in [0.25, 0.3) is 5.91 Å². The molecule has 2 unspecified atom stereocenters. The Kier molecular flexibility index (Phi) is 55.4. The Bertz CT molecular complexity index is 1140. The van der Waals surface area contributed by atoms with E-state index < -0.39 is 6.10 Å². The first-order valence-electron chi connectivity index (χ1n) is 30.5. The minimum absolute atomic E-state index is 0.0738. The lowest BCUT2D eigenvalue weighted by Gasteiger charge is -2.28. The van der Waals surface area contributed by atoms with Gasteiger partial charge in [-0.25, -0.2) is 0 Å². The number of unbranched alkanes of at least 4 members (excludes halogenated alkanes) is 18. The second kappa shape index (κ2) is 56.9. The van der Waals surface area contributed by atoms with Crippen molar-refractivity contribution in [3.05, 3.63) is 0 Å². The normalized spacial score (nSPS) is 12.4. The van der Waals surface area contributed by atoms with E-state index in [9.17, 15) is 14.4 Å². The van der Waals surface area contributed by atoms with Crippen LogP contribution in [-0.4, -0.2) is 128 Å². The molecule has 0 radical (unpaired) electrons. The average Bonchev–Trinajstić information content (AvgIpc) is 3.38. The highest BCUT2D eigenvalue weighted by atomic mass is 16.6. The monoisotopic (exact) mass is 1030 g/mol. The van der Waals surface area contributed by atoms with Crippen molar-refractivity contribution in [3.63, 3.8) is 0 Å². The van der Waals surface area contributed by atoms with Crippen LogP contribution in [0.15, 0.2) is 0 Å². The lowest BCUT2D eigenvalue weighted by molar-refractivity contribution is -0.149. The van der Waals surface area contributed by atoms with Crippen molar-refractivity contribution in [1.82, 2.24) is 4.90 Å². The Labute approximate surface area is 443 Å². The number of carbonyl (C=O) groups excluding carboxylic acids is 3. The van der Waals surface area contributed by atoms with Gasteiger partial charge in [0.05, 0.1) is 66.1 Å². The quantitative estimate of drug-likeness (QED) is 0.0426. The number of hydrogen-bond donors (Lipinski definition) is 0. The highest BCUT2D eigenvalue weighted by Gasteiger charge is 2.25. The first-order chi connectivity index (χ1) is 35.4. The molecular weight excluding hydrogens is 911 g/mol. The van der Waals surface area contributed by atoms with E-state index in [2.05, 4.69) is 34.6 Å². The Balaban J connectivity index is 5.22. The van der Waals surface area contributed by atoms with Crippen molar-refractivity contribution in [2.75, 3.05) is 99.0 Å². The van der Waals surface area contributed by atoms with Gasteiger partial charge in [-0.15, -0.1) is 0 Å². The number of nitrogens with zero attached hydrogens (tertiary/aromatic N) is 1. The van der Waals surface area contributed by atoms with Gasteiger partial charge in [-0.2, -0.15) is 0 Å². The predicted octanol–water partition coefficient (Wildman–Crippen LogP) is 14.6. The predicted molar refractivity (Wildman–Crippen MR) is 296 cm³/mol. The minimum Gasteiger partial charge on any atom is -0.466 e. The molecule has 12 nitrogen and oxygen atoms in total. The molecule has 0 aliphatic carbocycles. The van der Waals surface area contributed by atoms with E-state index in [4.69, 9.17) is 37.9 Å². The van der Waals surface area contributed by atoms with Crippen molar-refractivity contribution < 1.29 is 52.3 Å². The molecule has 0 N–H and O–H groups in total. The Morgan fingerprint density at radius 3 is 1.25 bits per heavy atom. The topological polar surface area (TPSA) is 128 Å². The van der Waals surface area contributed by atoms with Crippen LogP contribution in [0.3, 0.4) is 0 Å². The summed E-state index contributed by atoms with van der Waals surface area (Å²) >= 11 is 0. The molecule has 0 fully saturated rings. The highest BCUT2D eigenvalue weighted by Crippen LogP contribution is 2.23. The van der Waals surface area contributed by atoms with Crippen molar-refractivity contribution >= 4 is 17.8 Å². The van der Waals surface area contributed by atoms with Crippen LogP contribution in [0.25, 0.3) is 0 Å². The van der Waals surface area contributed by atoms with Crippen molar-refractivity contribution in [2.45, 2.75) is 260 Å². The van der Waals surface area contributed by atoms with Crippen LogP contribution in [0.2, 0.25) is 0 Å². The summed E-state index contributed by atoms with van der Waals surface area (Å²) in [6.07, 6.45) is 34.8. The molecule has 0 heterocycles. The molecule has 0 spiro atoms. The van der Waals surface area contributed by atoms with E-state index in [0.29, 0.717) is 117 Å². The molecule has 0 bridgehead atoms. The summed E-state index contributed by atoms with van der Waals surface area (Å²) in [5.74, 6) is 0.990. The average molecular weight is 1030 g/mol. The maximum absolute atomic E-state index is 14.3. The third-order valence-corrected chi connectivity index (χ3v) is 13.7. The number of hydrogen-bond acceptors (Lipinski definition) is 11. The summed E-state index contributed by atoms with van der Waals surface area (Å²) in [7, 11) is 0. The van der Waals surface area contributed by atoms with Crippen molar-refractivity contribution in [2.24, 2.45) is 11.8 Å². The van der Waals surface area contributed by atoms with Gasteiger partial charge in [0, 0.05) is 45.8 Å². The smallest absolute Gasteiger partial charge is 0.305 e.